The Balaban J connectivity index is 1.41. The lowest BCUT2D eigenvalue weighted by Crippen LogP contribution is -2.39. The fourth-order valence-corrected chi connectivity index (χ4v) is 2.97. The van der Waals surface area contributed by atoms with E-state index in [1.54, 1.807) is 36.7 Å². The van der Waals surface area contributed by atoms with Gasteiger partial charge in [-0.25, -0.2) is 9.97 Å². The fraction of sp³-hybridized carbons (Fsp3) is 0.316. The first-order chi connectivity index (χ1) is 13.1. The SMILES string of the molecule is O=C(/C=C/c1ccc([N+](=O)[O-])cc1)NCC1CCN(c2ncccn2)CC1. The molecule has 2 heterocycles. The molecule has 3 rings (SSSR count). The van der Waals surface area contributed by atoms with Gasteiger partial charge in [0.25, 0.3) is 5.69 Å². The minimum absolute atomic E-state index is 0.0313. The molecule has 1 aromatic carbocycles. The van der Waals surface area contributed by atoms with E-state index in [1.165, 1.54) is 18.2 Å². The number of nitrogens with zero attached hydrogens (tertiary/aromatic N) is 4. The third-order valence-electron chi connectivity index (χ3n) is 4.55. The maximum absolute atomic E-state index is 12.0. The van der Waals surface area contributed by atoms with E-state index >= 15 is 0 Å². The van der Waals surface area contributed by atoms with Gasteiger partial charge in [-0.2, -0.15) is 0 Å². The third-order valence-corrected chi connectivity index (χ3v) is 4.55. The molecule has 140 valence electrons. The van der Waals surface area contributed by atoms with Crippen LogP contribution in [0.3, 0.4) is 0 Å². The highest BCUT2D eigenvalue weighted by molar-refractivity contribution is 5.91. The first-order valence-corrected chi connectivity index (χ1v) is 8.84. The number of carbonyl (C=O) groups is 1. The summed E-state index contributed by atoms with van der Waals surface area (Å²) in [5.74, 6) is 1.02. The van der Waals surface area contributed by atoms with Crippen LogP contribution in [0.4, 0.5) is 11.6 Å². The molecule has 0 saturated carbocycles. The Kier molecular flexibility index (Phi) is 6.09. The van der Waals surface area contributed by atoms with Crippen molar-refractivity contribution in [1.29, 1.82) is 0 Å². The molecule has 8 nitrogen and oxygen atoms in total. The summed E-state index contributed by atoms with van der Waals surface area (Å²) in [4.78, 5) is 32.9. The molecule has 1 saturated heterocycles. The third kappa shape index (κ3) is 5.34. The molecule has 1 aliphatic heterocycles. The molecule has 0 bridgehead atoms. The molecule has 1 fully saturated rings. The van der Waals surface area contributed by atoms with Crippen molar-refractivity contribution < 1.29 is 9.72 Å². The number of carbonyl (C=O) groups excluding carboxylic acids is 1. The maximum atomic E-state index is 12.0. The number of nitro benzene ring substituents is 1. The Morgan fingerprint density at radius 2 is 1.89 bits per heavy atom. The Morgan fingerprint density at radius 1 is 1.22 bits per heavy atom. The lowest BCUT2D eigenvalue weighted by molar-refractivity contribution is -0.384. The lowest BCUT2D eigenvalue weighted by atomic mass is 9.97. The van der Waals surface area contributed by atoms with Gasteiger partial charge in [-0.3, -0.25) is 14.9 Å². The maximum Gasteiger partial charge on any atom is 0.269 e. The molecule has 0 unspecified atom stereocenters. The molecule has 1 aliphatic rings. The van der Waals surface area contributed by atoms with Gasteiger partial charge in [0.15, 0.2) is 0 Å². The van der Waals surface area contributed by atoms with Gasteiger partial charge in [0, 0.05) is 50.2 Å². The lowest BCUT2D eigenvalue weighted by Gasteiger charge is -2.31. The standard InChI is InChI=1S/C19H21N5O3/c25-18(7-4-15-2-5-17(6-3-15)24(26)27)22-14-16-8-12-23(13-9-16)19-20-10-1-11-21-19/h1-7,10-11,16H,8-9,12-14H2,(H,22,25)/b7-4+. The molecule has 0 radical (unpaired) electrons. The van der Waals surface area contributed by atoms with Crippen molar-refractivity contribution in [1.82, 2.24) is 15.3 Å². The minimum Gasteiger partial charge on any atom is -0.352 e. The number of nitrogens with one attached hydrogen (secondary N) is 1. The van der Waals surface area contributed by atoms with E-state index in [2.05, 4.69) is 20.2 Å². The van der Waals surface area contributed by atoms with E-state index in [1.807, 2.05) is 0 Å². The molecule has 2 aromatic rings. The summed E-state index contributed by atoms with van der Waals surface area (Å²) in [6.45, 7) is 2.39. The molecule has 27 heavy (non-hydrogen) atoms. The number of aromatic nitrogens is 2. The normalized spacial score (nSPS) is 15.0. The zero-order valence-corrected chi connectivity index (χ0v) is 14.8. The first-order valence-electron chi connectivity index (χ1n) is 8.84. The molecule has 0 atom stereocenters. The Bertz CT molecular complexity index is 800. The first kappa shape index (κ1) is 18.5. The average molecular weight is 367 g/mol. The number of piperidine rings is 1. The number of rotatable bonds is 6. The molecule has 1 aromatic heterocycles. The van der Waals surface area contributed by atoms with Crippen molar-refractivity contribution >= 4 is 23.6 Å². The van der Waals surface area contributed by atoms with Crippen molar-refractivity contribution in [2.45, 2.75) is 12.8 Å². The van der Waals surface area contributed by atoms with Gasteiger partial charge < -0.3 is 10.2 Å². The second-order valence-corrected chi connectivity index (χ2v) is 6.41. The highest BCUT2D eigenvalue weighted by atomic mass is 16.6. The van der Waals surface area contributed by atoms with E-state index in [0.717, 1.165) is 37.4 Å². The Morgan fingerprint density at radius 3 is 2.52 bits per heavy atom. The van der Waals surface area contributed by atoms with Crippen LogP contribution in [0.5, 0.6) is 0 Å². The number of amides is 1. The van der Waals surface area contributed by atoms with Crippen molar-refractivity contribution in [3.05, 3.63) is 64.5 Å². The van der Waals surface area contributed by atoms with E-state index in [9.17, 15) is 14.9 Å². The summed E-state index contributed by atoms with van der Waals surface area (Å²) in [6, 6.07) is 7.87. The number of benzene rings is 1. The number of hydrogen-bond acceptors (Lipinski definition) is 6. The van der Waals surface area contributed by atoms with Crippen LogP contribution in [0.15, 0.2) is 48.8 Å². The van der Waals surface area contributed by atoms with Crippen LogP contribution < -0.4 is 10.2 Å². The number of nitro groups is 1. The van der Waals surface area contributed by atoms with Gasteiger partial charge in [-0.05, 0) is 48.6 Å². The summed E-state index contributed by atoms with van der Waals surface area (Å²) in [7, 11) is 0. The van der Waals surface area contributed by atoms with E-state index < -0.39 is 4.92 Å². The summed E-state index contributed by atoms with van der Waals surface area (Å²) in [6.07, 6.45) is 8.54. The van der Waals surface area contributed by atoms with Crippen molar-refractivity contribution in [2.75, 3.05) is 24.5 Å². The number of non-ortho nitro benzene ring substituents is 1. The monoisotopic (exact) mass is 367 g/mol. The van der Waals surface area contributed by atoms with Crippen LogP contribution in [0.25, 0.3) is 6.08 Å². The van der Waals surface area contributed by atoms with Crippen molar-refractivity contribution in [2.24, 2.45) is 5.92 Å². The van der Waals surface area contributed by atoms with Gasteiger partial charge in [-0.1, -0.05) is 0 Å². The summed E-state index contributed by atoms with van der Waals surface area (Å²) in [5, 5.41) is 13.6. The quantitative estimate of drug-likeness (QED) is 0.478. The predicted octanol–water partition coefficient (Wildman–Crippen LogP) is 2.43. The predicted molar refractivity (Wildman–Crippen MR) is 102 cm³/mol. The van der Waals surface area contributed by atoms with Crippen LogP contribution in [0, 0.1) is 16.0 Å². The molecule has 8 heteroatoms. The average Bonchev–Trinajstić information content (AvgIpc) is 2.72. The summed E-state index contributed by atoms with van der Waals surface area (Å²) >= 11 is 0. The van der Waals surface area contributed by atoms with Gasteiger partial charge in [0.05, 0.1) is 4.92 Å². The highest BCUT2D eigenvalue weighted by Gasteiger charge is 2.20. The van der Waals surface area contributed by atoms with Crippen LogP contribution in [0.1, 0.15) is 18.4 Å². The smallest absolute Gasteiger partial charge is 0.269 e. The summed E-state index contributed by atoms with van der Waals surface area (Å²) in [5.41, 5.74) is 0.774. The van der Waals surface area contributed by atoms with E-state index in [0.29, 0.717) is 12.5 Å². The fourth-order valence-electron chi connectivity index (χ4n) is 2.97. The number of anilines is 1. The highest BCUT2D eigenvalue weighted by Crippen LogP contribution is 2.19. The van der Waals surface area contributed by atoms with Gasteiger partial charge >= 0.3 is 0 Å². The Hall–Kier alpha value is -3.29. The number of hydrogen-bond donors (Lipinski definition) is 1. The Labute approximate surface area is 157 Å². The molecule has 0 spiro atoms. The largest absolute Gasteiger partial charge is 0.352 e. The van der Waals surface area contributed by atoms with Crippen LogP contribution in [-0.4, -0.2) is 40.4 Å². The van der Waals surface area contributed by atoms with E-state index in [-0.39, 0.29) is 11.6 Å². The summed E-state index contributed by atoms with van der Waals surface area (Å²) < 4.78 is 0. The van der Waals surface area contributed by atoms with Gasteiger partial charge in [0.1, 0.15) is 0 Å². The zero-order valence-electron chi connectivity index (χ0n) is 14.8. The van der Waals surface area contributed by atoms with Crippen molar-refractivity contribution in [3.63, 3.8) is 0 Å². The van der Waals surface area contributed by atoms with Crippen LogP contribution in [0.2, 0.25) is 0 Å². The molecule has 1 amide bonds. The van der Waals surface area contributed by atoms with E-state index in [4.69, 9.17) is 0 Å². The minimum atomic E-state index is -0.449. The molecule has 1 N–H and O–H groups in total. The van der Waals surface area contributed by atoms with Gasteiger partial charge in [-0.15, -0.1) is 0 Å². The van der Waals surface area contributed by atoms with Crippen LogP contribution in [-0.2, 0) is 4.79 Å². The molecular formula is C19H21N5O3. The second-order valence-electron chi connectivity index (χ2n) is 6.41. The van der Waals surface area contributed by atoms with Gasteiger partial charge in [0.2, 0.25) is 11.9 Å². The van der Waals surface area contributed by atoms with Crippen LogP contribution >= 0.6 is 0 Å². The molecular weight excluding hydrogens is 346 g/mol. The van der Waals surface area contributed by atoms with Crippen molar-refractivity contribution in [3.8, 4) is 0 Å². The second kappa shape index (κ2) is 8.88. The topological polar surface area (TPSA) is 101 Å². The zero-order chi connectivity index (χ0) is 19.1. The molecule has 0 aliphatic carbocycles.